The number of amides is 2. The lowest BCUT2D eigenvalue weighted by Crippen LogP contribution is -2.39. The third-order valence-electron chi connectivity index (χ3n) is 11.8. The van der Waals surface area contributed by atoms with Crippen LogP contribution in [0.5, 0.6) is 11.5 Å². The van der Waals surface area contributed by atoms with Crippen LogP contribution in [0.15, 0.2) is 82.6 Å². The van der Waals surface area contributed by atoms with Crippen LogP contribution < -0.4 is 9.47 Å². The van der Waals surface area contributed by atoms with Gasteiger partial charge in [0.05, 0.1) is 60.4 Å². The molecule has 19 heteroatoms. The normalized spacial score (nSPS) is 15.2. The second kappa shape index (κ2) is 22.8. The highest BCUT2D eigenvalue weighted by atomic mass is 35.5. The highest BCUT2D eigenvalue weighted by Crippen LogP contribution is 2.53. The Morgan fingerprint density at radius 3 is 1.28 bits per heavy atom. The first-order chi connectivity index (χ1) is 32.8. The van der Waals surface area contributed by atoms with Crippen molar-refractivity contribution in [2.75, 3.05) is 53.6 Å². The van der Waals surface area contributed by atoms with Gasteiger partial charge in [-0.15, -0.1) is 0 Å². The van der Waals surface area contributed by atoms with E-state index in [1.54, 1.807) is 38.1 Å². The molecule has 0 saturated carbocycles. The van der Waals surface area contributed by atoms with Crippen molar-refractivity contribution in [1.82, 2.24) is 9.80 Å². The molecule has 2 aliphatic rings. The molecule has 69 heavy (non-hydrogen) atoms. The standard InChI is InChI=1S/C50H48Cl2F6N2O8S/c1-5-67-47(63)29-19-23-59(24-20-29)41(61)17-15-33-35(31-11-7-9-13-37(31)65-3)27-39(45(51)43(33)49(53,54)55)69-40-28-36(32-12-8-10-14-38(32)66-4)34(44(46(40)52)50(56,57)58)16-18-42(62)60-25-21-30(22-26-60)48(64)68-6-2/h7-18,27-30H,5-6,19-26H2,1-4H3. The van der Waals surface area contributed by atoms with E-state index in [2.05, 4.69) is 0 Å². The third kappa shape index (κ3) is 12.2. The summed E-state index contributed by atoms with van der Waals surface area (Å²) in [6, 6.07) is 14.8. The van der Waals surface area contributed by atoms with Crippen LogP contribution in [0.3, 0.4) is 0 Å². The number of rotatable bonds is 14. The van der Waals surface area contributed by atoms with Crippen molar-refractivity contribution in [1.29, 1.82) is 0 Å². The number of hydrogen-bond donors (Lipinski definition) is 0. The number of nitrogens with zero attached hydrogens (tertiary/aromatic N) is 2. The first kappa shape index (κ1) is 52.7. The minimum Gasteiger partial charge on any atom is -0.496 e. The van der Waals surface area contributed by atoms with Gasteiger partial charge in [0.2, 0.25) is 11.8 Å². The molecule has 2 fully saturated rings. The van der Waals surface area contributed by atoms with E-state index < -0.39 is 80.2 Å². The molecule has 0 aromatic heterocycles. The molecule has 0 atom stereocenters. The summed E-state index contributed by atoms with van der Waals surface area (Å²) in [5.74, 6) is -2.63. The molecule has 4 aromatic carbocycles. The van der Waals surface area contributed by atoms with Gasteiger partial charge in [-0.2, -0.15) is 26.3 Å². The number of carbonyl (C=O) groups excluding carboxylic acids is 4. The summed E-state index contributed by atoms with van der Waals surface area (Å²) in [6.45, 7) is 4.33. The number of alkyl halides is 6. The molecule has 0 unspecified atom stereocenters. The molecule has 0 bridgehead atoms. The average molecular weight is 1020 g/mol. The Balaban J connectivity index is 1.49. The first-order valence-corrected chi connectivity index (χ1v) is 23.5. The number of hydrogen-bond acceptors (Lipinski definition) is 9. The van der Waals surface area contributed by atoms with Gasteiger partial charge in [0.15, 0.2) is 0 Å². The van der Waals surface area contributed by atoms with Crippen molar-refractivity contribution in [3.05, 3.63) is 105 Å². The van der Waals surface area contributed by atoms with E-state index in [1.165, 1.54) is 60.4 Å². The van der Waals surface area contributed by atoms with Crippen molar-refractivity contribution >= 4 is 70.9 Å². The van der Waals surface area contributed by atoms with E-state index >= 15 is 26.3 Å². The van der Waals surface area contributed by atoms with E-state index in [4.69, 9.17) is 42.1 Å². The number of ether oxygens (including phenoxy) is 4. The van der Waals surface area contributed by atoms with E-state index in [9.17, 15) is 19.2 Å². The fourth-order valence-corrected chi connectivity index (χ4v) is 10.1. The average Bonchev–Trinajstić information content (AvgIpc) is 3.33. The zero-order chi connectivity index (χ0) is 50.2. The van der Waals surface area contributed by atoms with Crippen LogP contribution in [-0.2, 0) is 41.0 Å². The maximum absolute atomic E-state index is 15.5. The summed E-state index contributed by atoms with van der Waals surface area (Å²) in [5.41, 5.74) is -3.80. The molecule has 0 N–H and O–H groups in total. The number of halogens is 8. The van der Waals surface area contributed by atoms with E-state index in [0.29, 0.717) is 37.4 Å². The van der Waals surface area contributed by atoms with Crippen LogP contribution in [0.2, 0.25) is 10.0 Å². The van der Waals surface area contributed by atoms with Crippen LogP contribution in [0.1, 0.15) is 61.8 Å². The number of esters is 2. The summed E-state index contributed by atoms with van der Waals surface area (Å²) in [5, 5.41) is -1.78. The molecule has 2 amide bonds. The van der Waals surface area contributed by atoms with E-state index in [-0.39, 0.29) is 82.9 Å². The molecule has 368 valence electrons. The summed E-state index contributed by atoms with van der Waals surface area (Å²) in [7, 11) is 2.62. The van der Waals surface area contributed by atoms with Crippen molar-refractivity contribution in [3.8, 4) is 33.8 Å². The fraction of sp³-hybridized carbons (Fsp3) is 0.360. The second-order valence-corrected chi connectivity index (χ2v) is 17.8. The quantitative estimate of drug-likeness (QED) is 0.0692. The first-order valence-electron chi connectivity index (χ1n) is 21.9. The smallest absolute Gasteiger partial charge is 0.418 e. The van der Waals surface area contributed by atoms with Crippen molar-refractivity contribution in [2.45, 2.75) is 61.7 Å². The van der Waals surface area contributed by atoms with Crippen molar-refractivity contribution in [3.63, 3.8) is 0 Å². The lowest BCUT2D eigenvalue weighted by atomic mass is 9.93. The zero-order valence-corrected chi connectivity index (χ0v) is 40.2. The molecule has 2 aliphatic heterocycles. The van der Waals surface area contributed by atoms with Gasteiger partial charge in [0.25, 0.3) is 0 Å². The molecular weight excluding hydrogens is 974 g/mol. The SMILES string of the molecule is CCOC(=O)C1CCN(C(=O)C=Cc2c(-c3ccccc3OC)cc(Sc3cc(-c4ccccc4OC)c(C=CC(=O)N4CCC(C(=O)OCC)CC4)c(C(F)(F)F)c3Cl)c(Cl)c2C(F)(F)F)CC1. The molecule has 0 spiro atoms. The van der Waals surface area contributed by atoms with Gasteiger partial charge < -0.3 is 28.7 Å². The van der Waals surface area contributed by atoms with Crippen LogP contribution in [0.4, 0.5) is 26.3 Å². The van der Waals surface area contributed by atoms with Crippen LogP contribution in [-0.4, -0.2) is 87.2 Å². The maximum atomic E-state index is 15.5. The number of methoxy groups -OCH3 is 2. The van der Waals surface area contributed by atoms with E-state index in [0.717, 1.165) is 24.3 Å². The summed E-state index contributed by atoms with van der Waals surface area (Å²) in [6.07, 6.45) is -5.27. The van der Waals surface area contributed by atoms with Crippen molar-refractivity contribution < 1.29 is 64.5 Å². The van der Waals surface area contributed by atoms with Gasteiger partial charge in [0, 0.05) is 59.2 Å². The minimum absolute atomic E-state index is 0.127. The van der Waals surface area contributed by atoms with Gasteiger partial charge in [-0.1, -0.05) is 71.4 Å². The Morgan fingerprint density at radius 1 is 0.609 bits per heavy atom. The third-order valence-corrected chi connectivity index (χ3v) is 13.9. The number of para-hydroxylation sites is 2. The fourth-order valence-electron chi connectivity index (χ4n) is 8.36. The van der Waals surface area contributed by atoms with Gasteiger partial charge in [-0.05, 0) is 98.2 Å². The molecular formula is C50H48Cl2F6N2O8S. The predicted molar refractivity (Wildman–Crippen MR) is 251 cm³/mol. The molecule has 2 heterocycles. The highest BCUT2D eigenvalue weighted by Gasteiger charge is 2.41. The Kier molecular flexibility index (Phi) is 17.5. The Morgan fingerprint density at radius 2 is 0.957 bits per heavy atom. The molecule has 0 radical (unpaired) electrons. The summed E-state index contributed by atoms with van der Waals surface area (Å²) in [4.78, 5) is 53.7. The molecule has 4 aromatic rings. The highest BCUT2D eigenvalue weighted by molar-refractivity contribution is 7.99. The molecule has 2 saturated heterocycles. The van der Waals surface area contributed by atoms with E-state index in [1.807, 2.05) is 0 Å². The lowest BCUT2D eigenvalue weighted by Gasteiger charge is -2.30. The van der Waals surface area contributed by atoms with Gasteiger partial charge in [-0.25, -0.2) is 0 Å². The molecule has 6 rings (SSSR count). The zero-order valence-electron chi connectivity index (χ0n) is 37.9. The summed E-state index contributed by atoms with van der Waals surface area (Å²) >= 11 is 13.9. The minimum atomic E-state index is -5.19. The Hall–Kier alpha value is -5.65. The number of piperidine rings is 2. The summed E-state index contributed by atoms with van der Waals surface area (Å²) < 4.78 is 114. The second-order valence-electron chi connectivity index (χ2n) is 15.9. The van der Waals surface area contributed by atoms with Crippen LogP contribution >= 0.6 is 35.0 Å². The largest absolute Gasteiger partial charge is 0.496 e. The molecule has 0 aliphatic carbocycles. The topological polar surface area (TPSA) is 112 Å². The van der Waals surface area contributed by atoms with Crippen LogP contribution in [0, 0.1) is 11.8 Å². The Bertz CT molecular complexity index is 2450. The van der Waals surface area contributed by atoms with Gasteiger partial charge in [0.1, 0.15) is 11.5 Å². The number of benzene rings is 4. The predicted octanol–water partition coefficient (Wildman–Crippen LogP) is 12.2. The van der Waals surface area contributed by atoms with Crippen molar-refractivity contribution in [2.24, 2.45) is 11.8 Å². The Labute approximate surface area is 409 Å². The lowest BCUT2D eigenvalue weighted by molar-refractivity contribution is -0.151. The van der Waals surface area contributed by atoms with Crippen LogP contribution in [0.25, 0.3) is 34.4 Å². The number of likely N-dealkylation sites (tertiary alicyclic amines) is 2. The van der Waals surface area contributed by atoms with Gasteiger partial charge >= 0.3 is 24.3 Å². The maximum Gasteiger partial charge on any atom is 0.418 e. The van der Waals surface area contributed by atoms with Gasteiger partial charge in [-0.3, -0.25) is 19.2 Å². The number of carbonyl (C=O) groups is 4. The monoisotopic (exact) mass is 1020 g/mol. The molecule has 10 nitrogen and oxygen atoms in total.